The first kappa shape index (κ1) is 22.2. The van der Waals surface area contributed by atoms with Crippen molar-refractivity contribution in [2.75, 3.05) is 0 Å². The largest absolute Gasteiger partial charge is 0.423 e. The van der Waals surface area contributed by atoms with Crippen molar-refractivity contribution in [2.24, 2.45) is 0 Å². The number of nitrogens with zero attached hydrogens (tertiary/aromatic N) is 3. The number of aliphatic hydroxyl groups is 1. The van der Waals surface area contributed by atoms with Gasteiger partial charge in [0.05, 0.1) is 29.5 Å². The van der Waals surface area contributed by atoms with Crippen molar-refractivity contribution in [1.29, 1.82) is 0 Å². The highest BCUT2D eigenvalue weighted by molar-refractivity contribution is 5.84. The van der Waals surface area contributed by atoms with Gasteiger partial charge in [-0.2, -0.15) is 18.3 Å². The van der Waals surface area contributed by atoms with E-state index in [1.165, 1.54) is 57.9 Å². The summed E-state index contributed by atoms with van der Waals surface area (Å²) in [6, 6.07) is 17.0. The van der Waals surface area contributed by atoms with Crippen molar-refractivity contribution >= 4 is 21.8 Å². The van der Waals surface area contributed by atoms with Gasteiger partial charge in [-0.05, 0) is 65.4 Å². The van der Waals surface area contributed by atoms with E-state index in [0.717, 1.165) is 10.9 Å². The van der Waals surface area contributed by atoms with Gasteiger partial charge >= 0.3 is 6.18 Å². The fraction of sp³-hybridized carbons (Fsp3) is 0.192. The molecule has 0 aliphatic heterocycles. The third-order valence-corrected chi connectivity index (χ3v) is 6.24. The summed E-state index contributed by atoms with van der Waals surface area (Å²) < 4.78 is 59.3. The zero-order chi connectivity index (χ0) is 24.1. The van der Waals surface area contributed by atoms with Crippen LogP contribution >= 0.6 is 0 Å². The fourth-order valence-electron chi connectivity index (χ4n) is 4.43. The zero-order valence-electron chi connectivity index (χ0n) is 18.2. The first-order chi connectivity index (χ1) is 16.2. The molecule has 0 aliphatic carbocycles. The molecule has 0 bridgehead atoms. The molecule has 5 rings (SSSR count). The topological polar surface area (TPSA) is 43.0 Å². The minimum absolute atomic E-state index is 0.276. The Morgan fingerprint density at radius 3 is 2.41 bits per heavy atom. The number of rotatable bonds is 5. The van der Waals surface area contributed by atoms with Gasteiger partial charge in [-0.3, -0.25) is 0 Å². The van der Waals surface area contributed by atoms with Crippen LogP contribution in [0.5, 0.6) is 0 Å². The molecular weight excluding hydrogens is 446 g/mol. The third-order valence-electron chi connectivity index (χ3n) is 6.24. The molecule has 1 N–H and O–H groups in total. The fourth-order valence-corrected chi connectivity index (χ4v) is 4.43. The molecule has 0 amide bonds. The molecule has 0 saturated heterocycles. The molecule has 0 radical (unpaired) electrons. The maximum absolute atomic E-state index is 14.4. The normalized spacial score (nSPS) is 14.1. The maximum atomic E-state index is 14.4. The average Bonchev–Trinajstić information content (AvgIpc) is 3.42. The molecule has 0 aliphatic rings. The van der Waals surface area contributed by atoms with Crippen molar-refractivity contribution < 1.29 is 22.7 Å². The van der Waals surface area contributed by atoms with Crippen LogP contribution in [0.2, 0.25) is 0 Å². The lowest BCUT2D eigenvalue weighted by Gasteiger charge is -2.32. The standard InChI is InChI=1S/C26H21F4N3O/c1-2-17-4-3-5-18-12-13-32(24(17)18)16-25(34,26(28,29)30)20-6-11-23-19(14-20)15-31-33(23)22-9-7-21(27)8-10-22/h3-15,34H,2,16H2,1H3. The molecule has 1 atom stereocenters. The monoisotopic (exact) mass is 467 g/mol. The summed E-state index contributed by atoms with van der Waals surface area (Å²) in [4.78, 5) is 0. The third kappa shape index (κ3) is 3.54. The predicted octanol–water partition coefficient (Wildman–Crippen LogP) is 6.13. The molecule has 0 saturated carbocycles. The Kier molecular flexibility index (Phi) is 5.20. The number of hydrogen-bond acceptors (Lipinski definition) is 2. The van der Waals surface area contributed by atoms with Gasteiger partial charge in [0.15, 0.2) is 0 Å². The van der Waals surface area contributed by atoms with Gasteiger partial charge in [-0.1, -0.05) is 31.2 Å². The van der Waals surface area contributed by atoms with Crippen LogP contribution in [0.3, 0.4) is 0 Å². The Labute approximate surface area is 192 Å². The lowest BCUT2D eigenvalue weighted by molar-refractivity contribution is -0.271. The van der Waals surface area contributed by atoms with Crippen LogP contribution in [-0.4, -0.2) is 25.6 Å². The van der Waals surface area contributed by atoms with Crippen LogP contribution in [0.1, 0.15) is 18.1 Å². The SMILES string of the molecule is CCc1cccc2ccn(CC(O)(c3ccc4c(cnn4-c4ccc(F)cc4)c3)C(F)(F)F)c12. The van der Waals surface area contributed by atoms with Crippen molar-refractivity contribution in [1.82, 2.24) is 14.3 Å². The van der Waals surface area contributed by atoms with Crippen molar-refractivity contribution in [3.05, 3.63) is 96.1 Å². The van der Waals surface area contributed by atoms with Gasteiger partial charge in [0.2, 0.25) is 5.60 Å². The van der Waals surface area contributed by atoms with Gasteiger partial charge < -0.3 is 9.67 Å². The predicted molar refractivity (Wildman–Crippen MR) is 122 cm³/mol. The molecule has 3 aromatic carbocycles. The first-order valence-corrected chi connectivity index (χ1v) is 10.8. The molecule has 4 nitrogen and oxygen atoms in total. The van der Waals surface area contributed by atoms with Crippen LogP contribution in [-0.2, 0) is 18.6 Å². The highest BCUT2D eigenvalue weighted by Gasteiger charge is 2.55. The van der Waals surface area contributed by atoms with Crippen LogP contribution < -0.4 is 0 Å². The zero-order valence-corrected chi connectivity index (χ0v) is 18.2. The molecule has 8 heteroatoms. The van der Waals surface area contributed by atoms with Crippen molar-refractivity contribution in [2.45, 2.75) is 31.7 Å². The van der Waals surface area contributed by atoms with Crippen LogP contribution in [0.4, 0.5) is 17.6 Å². The van der Waals surface area contributed by atoms with Gasteiger partial charge in [0.1, 0.15) is 5.82 Å². The summed E-state index contributed by atoms with van der Waals surface area (Å²) in [7, 11) is 0. The Morgan fingerprint density at radius 2 is 1.71 bits per heavy atom. The van der Waals surface area contributed by atoms with E-state index in [2.05, 4.69) is 5.10 Å². The molecule has 1 unspecified atom stereocenters. The number of hydrogen-bond donors (Lipinski definition) is 1. The second kappa shape index (κ2) is 7.99. The highest BCUT2D eigenvalue weighted by atomic mass is 19.4. The lowest BCUT2D eigenvalue weighted by Crippen LogP contribution is -2.45. The number of aromatic nitrogens is 3. The summed E-state index contributed by atoms with van der Waals surface area (Å²) in [5, 5.41) is 16.6. The van der Waals surface area contributed by atoms with Crippen LogP contribution in [0, 0.1) is 5.82 Å². The quantitative estimate of drug-likeness (QED) is 0.316. The van der Waals surface area contributed by atoms with Crippen molar-refractivity contribution in [3.8, 4) is 5.69 Å². The average molecular weight is 467 g/mol. The molecule has 5 aromatic rings. The summed E-state index contributed by atoms with van der Waals surface area (Å²) in [5.74, 6) is -0.401. The number of benzene rings is 3. The van der Waals surface area contributed by atoms with E-state index in [0.29, 0.717) is 28.5 Å². The molecule has 174 valence electrons. The van der Waals surface area contributed by atoms with E-state index >= 15 is 0 Å². The van der Waals surface area contributed by atoms with E-state index in [4.69, 9.17) is 0 Å². The molecule has 34 heavy (non-hydrogen) atoms. The van der Waals surface area contributed by atoms with E-state index in [-0.39, 0.29) is 5.56 Å². The molecular formula is C26H21F4N3O. The van der Waals surface area contributed by atoms with Crippen LogP contribution in [0.15, 0.2) is 79.1 Å². The number of para-hydroxylation sites is 1. The Balaban J connectivity index is 1.60. The Bertz CT molecular complexity index is 1480. The van der Waals surface area contributed by atoms with E-state index in [1.807, 2.05) is 25.1 Å². The molecule has 0 fully saturated rings. The van der Waals surface area contributed by atoms with E-state index in [1.54, 1.807) is 12.3 Å². The second-order valence-corrected chi connectivity index (χ2v) is 8.32. The van der Waals surface area contributed by atoms with Crippen LogP contribution in [0.25, 0.3) is 27.5 Å². The Morgan fingerprint density at radius 1 is 0.941 bits per heavy atom. The van der Waals surface area contributed by atoms with Crippen molar-refractivity contribution in [3.63, 3.8) is 0 Å². The molecule has 2 aromatic heterocycles. The first-order valence-electron chi connectivity index (χ1n) is 10.8. The number of fused-ring (bicyclic) bond motifs is 2. The summed E-state index contributed by atoms with van der Waals surface area (Å²) in [5.41, 5.74) is -0.699. The maximum Gasteiger partial charge on any atom is 0.423 e. The van der Waals surface area contributed by atoms with E-state index < -0.39 is 24.1 Å². The number of alkyl halides is 3. The Hall–Kier alpha value is -3.65. The smallest absolute Gasteiger partial charge is 0.375 e. The second-order valence-electron chi connectivity index (χ2n) is 8.32. The summed E-state index contributed by atoms with van der Waals surface area (Å²) in [6.07, 6.45) is -1.27. The van der Waals surface area contributed by atoms with Gasteiger partial charge in [0.25, 0.3) is 0 Å². The highest BCUT2D eigenvalue weighted by Crippen LogP contribution is 2.42. The van der Waals surface area contributed by atoms with Gasteiger partial charge in [-0.15, -0.1) is 0 Å². The number of halogens is 4. The van der Waals surface area contributed by atoms with Gasteiger partial charge in [0, 0.05) is 11.6 Å². The summed E-state index contributed by atoms with van der Waals surface area (Å²) >= 11 is 0. The molecule has 0 spiro atoms. The molecule has 2 heterocycles. The lowest BCUT2D eigenvalue weighted by atomic mass is 9.91. The summed E-state index contributed by atoms with van der Waals surface area (Å²) in [6.45, 7) is 1.25. The van der Waals surface area contributed by atoms with E-state index in [9.17, 15) is 22.7 Å². The minimum atomic E-state index is -4.93. The van der Waals surface area contributed by atoms with Gasteiger partial charge in [-0.25, -0.2) is 9.07 Å². The number of aryl methyl sites for hydroxylation is 1. The minimum Gasteiger partial charge on any atom is -0.375 e.